The fourth-order valence-electron chi connectivity index (χ4n) is 0.523. The molecule has 0 aliphatic rings. The first-order chi connectivity index (χ1) is 4.81. The summed E-state index contributed by atoms with van der Waals surface area (Å²) in [6.07, 6.45) is 1.02. The van der Waals surface area contributed by atoms with Gasteiger partial charge in [0.05, 0.1) is 13.0 Å². The summed E-state index contributed by atoms with van der Waals surface area (Å²) in [5.41, 5.74) is 0. The third-order valence-corrected chi connectivity index (χ3v) is 0.936. The van der Waals surface area contributed by atoms with E-state index < -0.39 is 0 Å². The Balaban J connectivity index is 3.27. The van der Waals surface area contributed by atoms with Crippen LogP contribution in [0.5, 0.6) is 0 Å². The molecule has 0 amide bonds. The molecule has 0 N–H and O–H groups in total. The Hall–Kier alpha value is -0.970. The van der Waals surface area contributed by atoms with Gasteiger partial charge in [-0.1, -0.05) is 0 Å². The van der Waals surface area contributed by atoms with Crippen LogP contribution in [0.3, 0.4) is 0 Å². The predicted octanol–water partition coefficient (Wildman–Crippen LogP) is 1.35. The Labute approximate surface area is 61.6 Å². The molecule has 0 heterocycles. The van der Waals surface area contributed by atoms with E-state index in [0.29, 0.717) is 19.4 Å². The monoisotopic (exact) mass is 140 g/mol. The quantitative estimate of drug-likeness (QED) is 0.437. The molecule has 2 nitrogen and oxygen atoms in total. The number of hydrogen-bond donors (Lipinski definition) is 0. The van der Waals surface area contributed by atoms with Crippen LogP contribution in [-0.2, 0) is 9.53 Å². The summed E-state index contributed by atoms with van der Waals surface area (Å²) >= 11 is 0. The van der Waals surface area contributed by atoms with Gasteiger partial charge in [-0.25, -0.2) is 0 Å². The SMILES string of the molecule is CC#CCCC(=O)OCC. The maximum Gasteiger partial charge on any atom is 0.306 e. The molecule has 0 rings (SSSR count). The largest absolute Gasteiger partial charge is 0.466 e. The highest BCUT2D eigenvalue weighted by Crippen LogP contribution is 1.90. The molecule has 10 heavy (non-hydrogen) atoms. The van der Waals surface area contributed by atoms with Crippen molar-refractivity contribution in [1.82, 2.24) is 0 Å². The molecule has 0 aromatic carbocycles. The van der Waals surface area contributed by atoms with Crippen LogP contribution in [0.15, 0.2) is 0 Å². The van der Waals surface area contributed by atoms with Gasteiger partial charge in [0, 0.05) is 6.42 Å². The van der Waals surface area contributed by atoms with Crippen LogP contribution < -0.4 is 0 Å². The molecule has 0 spiro atoms. The number of ether oxygens (including phenoxy) is 1. The first-order valence-corrected chi connectivity index (χ1v) is 3.36. The van der Waals surface area contributed by atoms with Crippen LogP contribution >= 0.6 is 0 Å². The minimum absolute atomic E-state index is 0.162. The van der Waals surface area contributed by atoms with Crippen molar-refractivity contribution < 1.29 is 9.53 Å². The summed E-state index contributed by atoms with van der Waals surface area (Å²) in [4.78, 5) is 10.6. The maximum atomic E-state index is 10.6. The minimum Gasteiger partial charge on any atom is -0.466 e. The highest BCUT2D eigenvalue weighted by Gasteiger charge is 1.97. The zero-order valence-corrected chi connectivity index (χ0v) is 6.44. The Bertz CT molecular complexity index is 150. The van der Waals surface area contributed by atoms with Gasteiger partial charge in [-0.05, 0) is 13.8 Å². The molecule has 56 valence electrons. The maximum absolute atomic E-state index is 10.6. The van der Waals surface area contributed by atoms with Gasteiger partial charge in [0.15, 0.2) is 0 Å². The standard InChI is InChI=1S/C8H12O2/c1-3-5-6-7-8(9)10-4-2/h4,6-7H2,1-2H3. The topological polar surface area (TPSA) is 26.3 Å². The van der Waals surface area contributed by atoms with E-state index in [-0.39, 0.29) is 5.97 Å². The molecular weight excluding hydrogens is 128 g/mol. The smallest absolute Gasteiger partial charge is 0.306 e. The second-order valence-electron chi connectivity index (χ2n) is 1.73. The normalized spacial score (nSPS) is 7.80. The molecule has 0 aliphatic carbocycles. The van der Waals surface area contributed by atoms with Crippen molar-refractivity contribution in [3.8, 4) is 11.8 Å². The van der Waals surface area contributed by atoms with Gasteiger partial charge in [-0.15, -0.1) is 11.8 Å². The minimum atomic E-state index is -0.162. The molecule has 0 aliphatic heterocycles. The third-order valence-electron chi connectivity index (χ3n) is 0.936. The number of carbonyl (C=O) groups is 1. The van der Waals surface area contributed by atoms with Gasteiger partial charge in [0.1, 0.15) is 0 Å². The Morgan fingerprint density at radius 3 is 2.80 bits per heavy atom. The van der Waals surface area contributed by atoms with Crippen molar-refractivity contribution in [2.75, 3.05) is 6.61 Å². The summed E-state index contributed by atoms with van der Waals surface area (Å²) in [5, 5.41) is 0. The van der Waals surface area contributed by atoms with Gasteiger partial charge >= 0.3 is 5.97 Å². The second-order valence-corrected chi connectivity index (χ2v) is 1.73. The Kier molecular flexibility index (Phi) is 5.56. The summed E-state index contributed by atoms with van der Waals surface area (Å²) in [7, 11) is 0. The van der Waals surface area contributed by atoms with E-state index in [1.807, 2.05) is 0 Å². The lowest BCUT2D eigenvalue weighted by atomic mass is 10.3. The predicted molar refractivity (Wildman–Crippen MR) is 39.3 cm³/mol. The van der Waals surface area contributed by atoms with Crippen molar-refractivity contribution in [3.63, 3.8) is 0 Å². The van der Waals surface area contributed by atoms with Crippen LogP contribution in [0, 0.1) is 11.8 Å². The summed E-state index contributed by atoms with van der Waals surface area (Å²) in [6.45, 7) is 4.01. The Morgan fingerprint density at radius 1 is 1.60 bits per heavy atom. The highest BCUT2D eigenvalue weighted by atomic mass is 16.5. The van der Waals surface area contributed by atoms with E-state index in [2.05, 4.69) is 16.6 Å². The zero-order valence-electron chi connectivity index (χ0n) is 6.44. The number of esters is 1. The molecule has 0 bridgehead atoms. The average molecular weight is 140 g/mol. The first-order valence-electron chi connectivity index (χ1n) is 3.36. The van der Waals surface area contributed by atoms with E-state index in [0.717, 1.165) is 0 Å². The van der Waals surface area contributed by atoms with Crippen LogP contribution in [-0.4, -0.2) is 12.6 Å². The number of hydrogen-bond acceptors (Lipinski definition) is 2. The Morgan fingerprint density at radius 2 is 2.30 bits per heavy atom. The summed E-state index contributed by atoms with van der Waals surface area (Å²) in [6, 6.07) is 0. The molecule has 0 aromatic rings. The lowest BCUT2D eigenvalue weighted by Crippen LogP contribution is -2.02. The van der Waals surface area contributed by atoms with Gasteiger partial charge < -0.3 is 4.74 Å². The van der Waals surface area contributed by atoms with Crippen molar-refractivity contribution in [3.05, 3.63) is 0 Å². The molecule has 0 aromatic heterocycles. The molecule has 0 saturated carbocycles. The van der Waals surface area contributed by atoms with Gasteiger partial charge in [-0.3, -0.25) is 4.79 Å². The molecule has 0 radical (unpaired) electrons. The summed E-state index contributed by atoms with van der Waals surface area (Å²) in [5.74, 6) is 5.33. The van der Waals surface area contributed by atoms with Crippen LogP contribution in [0.4, 0.5) is 0 Å². The molecule has 0 atom stereocenters. The van der Waals surface area contributed by atoms with E-state index in [9.17, 15) is 4.79 Å². The van der Waals surface area contributed by atoms with E-state index >= 15 is 0 Å². The lowest BCUT2D eigenvalue weighted by Gasteiger charge is -1.96. The average Bonchev–Trinajstić information content (AvgIpc) is 1.89. The fraction of sp³-hybridized carbons (Fsp3) is 0.625. The molecular formula is C8H12O2. The van der Waals surface area contributed by atoms with Gasteiger partial charge in [0.25, 0.3) is 0 Å². The molecule has 0 saturated heterocycles. The second kappa shape index (κ2) is 6.15. The van der Waals surface area contributed by atoms with Crippen LogP contribution in [0.25, 0.3) is 0 Å². The van der Waals surface area contributed by atoms with E-state index in [1.54, 1.807) is 13.8 Å². The van der Waals surface area contributed by atoms with Crippen molar-refractivity contribution in [2.45, 2.75) is 26.7 Å². The van der Waals surface area contributed by atoms with Crippen molar-refractivity contribution in [1.29, 1.82) is 0 Å². The highest BCUT2D eigenvalue weighted by molar-refractivity contribution is 5.69. The van der Waals surface area contributed by atoms with Crippen LogP contribution in [0.2, 0.25) is 0 Å². The summed E-state index contributed by atoms with van der Waals surface area (Å²) < 4.78 is 4.68. The van der Waals surface area contributed by atoms with Gasteiger partial charge in [0.2, 0.25) is 0 Å². The van der Waals surface area contributed by atoms with Crippen molar-refractivity contribution >= 4 is 5.97 Å². The van der Waals surface area contributed by atoms with Crippen molar-refractivity contribution in [2.24, 2.45) is 0 Å². The molecule has 0 fully saturated rings. The third kappa shape index (κ3) is 5.17. The lowest BCUT2D eigenvalue weighted by molar-refractivity contribution is -0.142. The van der Waals surface area contributed by atoms with E-state index in [1.165, 1.54) is 0 Å². The van der Waals surface area contributed by atoms with Crippen LogP contribution in [0.1, 0.15) is 26.7 Å². The first kappa shape index (κ1) is 9.03. The van der Waals surface area contributed by atoms with E-state index in [4.69, 9.17) is 0 Å². The molecule has 2 heteroatoms. The fourth-order valence-corrected chi connectivity index (χ4v) is 0.523. The molecule has 0 unspecified atom stereocenters. The van der Waals surface area contributed by atoms with Gasteiger partial charge in [-0.2, -0.15) is 0 Å². The number of rotatable bonds is 3. The zero-order chi connectivity index (χ0) is 7.82. The number of carbonyl (C=O) groups excluding carboxylic acids is 1.